The first-order valence-corrected chi connectivity index (χ1v) is 18.0. The van der Waals surface area contributed by atoms with Crippen LogP contribution >= 0.6 is 0 Å². The molecule has 252 valence electrons. The first-order chi connectivity index (χ1) is 26.0. The highest BCUT2D eigenvalue weighted by Crippen LogP contribution is 2.53. The van der Waals surface area contributed by atoms with E-state index in [1.54, 1.807) is 0 Å². The number of anilines is 3. The molecule has 0 amide bonds. The van der Waals surface area contributed by atoms with Gasteiger partial charge in [0.15, 0.2) is 0 Å². The first-order valence-electron chi connectivity index (χ1n) is 18.0. The summed E-state index contributed by atoms with van der Waals surface area (Å²) in [6.07, 6.45) is 5.73. The molecule has 0 N–H and O–H groups in total. The summed E-state index contributed by atoms with van der Waals surface area (Å²) in [7, 11) is 0. The van der Waals surface area contributed by atoms with Gasteiger partial charge in [-0.2, -0.15) is 0 Å². The standard InChI is InChI=1S/C47H33N5O/c1-47(2)38-15-7-9-17-41(38)51(30-12-4-3-5-13-30)44-29-43-36(28-39(44)47)35-22-20-32(27-42(35)52(43)45-18-10-11-23-48-45)53-31-19-21-33-34-14-6-8-16-40(34)50-25-24-49-46(50)37(33)26-31/h3-29H,1-2H3. The molecule has 10 aromatic rings. The maximum Gasteiger partial charge on any atom is 0.145 e. The van der Waals surface area contributed by atoms with Gasteiger partial charge < -0.3 is 9.64 Å². The number of imidazole rings is 1. The zero-order chi connectivity index (χ0) is 35.3. The van der Waals surface area contributed by atoms with Crippen LogP contribution in [0.5, 0.6) is 11.5 Å². The minimum Gasteiger partial charge on any atom is -0.457 e. The molecule has 0 atom stereocenters. The Kier molecular flexibility index (Phi) is 6.20. The van der Waals surface area contributed by atoms with Crippen LogP contribution in [0.1, 0.15) is 25.0 Å². The highest BCUT2D eigenvalue weighted by molar-refractivity contribution is 6.13. The summed E-state index contributed by atoms with van der Waals surface area (Å²) in [6, 6.07) is 51.5. The molecule has 11 rings (SSSR count). The van der Waals surface area contributed by atoms with Crippen molar-refractivity contribution in [2.24, 2.45) is 0 Å². The second-order valence-corrected chi connectivity index (χ2v) is 14.3. The molecule has 0 fully saturated rings. The van der Waals surface area contributed by atoms with Gasteiger partial charge in [0.1, 0.15) is 23.0 Å². The molecule has 0 bridgehead atoms. The van der Waals surface area contributed by atoms with E-state index in [1.165, 1.54) is 27.6 Å². The third-order valence-electron chi connectivity index (χ3n) is 11.0. The second-order valence-electron chi connectivity index (χ2n) is 14.3. The fourth-order valence-corrected chi connectivity index (χ4v) is 8.59. The van der Waals surface area contributed by atoms with Crippen LogP contribution in [0, 0.1) is 0 Å². The van der Waals surface area contributed by atoms with Crippen molar-refractivity contribution in [3.8, 4) is 17.3 Å². The molecule has 6 aromatic carbocycles. The molecule has 1 aliphatic rings. The first kappa shape index (κ1) is 29.8. The van der Waals surface area contributed by atoms with E-state index in [4.69, 9.17) is 14.7 Å². The molecule has 6 heteroatoms. The summed E-state index contributed by atoms with van der Waals surface area (Å²) in [5, 5.41) is 5.70. The Morgan fingerprint density at radius 1 is 0.509 bits per heavy atom. The molecule has 0 saturated carbocycles. The third kappa shape index (κ3) is 4.33. The van der Waals surface area contributed by atoms with Crippen LogP contribution in [-0.2, 0) is 5.41 Å². The average molecular weight is 684 g/mol. The van der Waals surface area contributed by atoms with Crippen molar-refractivity contribution in [3.05, 3.63) is 175 Å². The minimum absolute atomic E-state index is 0.227. The number of ether oxygens (including phenoxy) is 1. The molecular formula is C47H33N5O. The Labute approximate surface area is 305 Å². The van der Waals surface area contributed by atoms with Crippen LogP contribution in [0.3, 0.4) is 0 Å². The number of hydrogen-bond donors (Lipinski definition) is 0. The number of aromatic nitrogens is 4. The molecule has 5 heterocycles. The quantitative estimate of drug-likeness (QED) is 0.173. The Morgan fingerprint density at radius 2 is 1.25 bits per heavy atom. The van der Waals surface area contributed by atoms with Gasteiger partial charge >= 0.3 is 0 Å². The summed E-state index contributed by atoms with van der Waals surface area (Å²) in [5.41, 5.74) is 10.0. The number of para-hydroxylation sites is 3. The Morgan fingerprint density at radius 3 is 2.11 bits per heavy atom. The predicted octanol–water partition coefficient (Wildman–Crippen LogP) is 12.0. The Bertz CT molecular complexity index is 3070. The van der Waals surface area contributed by atoms with Crippen LogP contribution in [0.2, 0.25) is 0 Å². The molecular weight excluding hydrogens is 651 g/mol. The highest BCUT2D eigenvalue weighted by Gasteiger charge is 2.37. The molecule has 0 saturated heterocycles. The molecule has 1 aliphatic heterocycles. The zero-order valence-corrected chi connectivity index (χ0v) is 29.2. The highest BCUT2D eigenvalue weighted by atomic mass is 16.5. The lowest BCUT2D eigenvalue weighted by Gasteiger charge is -2.42. The van der Waals surface area contributed by atoms with E-state index in [1.807, 2.05) is 30.7 Å². The predicted molar refractivity (Wildman–Crippen MR) is 216 cm³/mol. The van der Waals surface area contributed by atoms with Gasteiger partial charge in [0.05, 0.1) is 27.9 Å². The van der Waals surface area contributed by atoms with Crippen LogP contribution in [0.15, 0.2) is 164 Å². The topological polar surface area (TPSA) is 47.6 Å². The number of pyridine rings is 2. The summed E-state index contributed by atoms with van der Waals surface area (Å²) >= 11 is 0. The van der Waals surface area contributed by atoms with E-state index >= 15 is 0 Å². The molecule has 53 heavy (non-hydrogen) atoms. The van der Waals surface area contributed by atoms with E-state index in [0.29, 0.717) is 0 Å². The molecule has 4 aromatic heterocycles. The third-order valence-corrected chi connectivity index (χ3v) is 11.0. The number of rotatable bonds is 4. The summed E-state index contributed by atoms with van der Waals surface area (Å²) in [6.45, 7) is 4.68. The monoisotopic (exact) mass is 683 g/mol. The molecule has 0 spiro atoms. The van der Waals surface area contributed by atoms with Crippen molar-refractivity contribution in [2.75, 3.05) is 4.90 Å². The van der Waals surface area contributed by atoms with Crippen molar-refractivity contribution in [1.29, 1.82) is 0 Å². The normalized spacial score (nSPS) is 13.6. The average Bonchev–Trinajstić information content (AvgIpc) is 3.82. The summed E-state index contributed by atoms with van der Waals surface area (Å²) in [4.78, 5) is 12.0. The molecule has 6 nitrogen and oxygen atoms in total. The van der Waals surface area contributed by atoms with Gasteiger partial charge in [-0.05, 0) is 95.4 Å². The number of benzene rings is 6. The van der Waals surface area contributed by atoms with Crippen molar-refractivity contribution in [1.82, 2.24) is 18.9 Å². The Balaban J connectivity index is 1.12. The maximum atomic E-state index is 6.69. The largest absolute Gasteiger partial charge is 0.457 e. The van der Waals surface area contributed by atoms with Crippen molar-refractivity contribution >= 4 is 66.2 Å². The van der Waals surface area contributed by atoms with Crippen LogP contribution < -0.4 is 9.64 Å². The fraction of sp³-hybridized carbons (Fsp3) is 0.0638. The number of fused-ring (bicyclic) bond motifs is 11. The molecule has 0 radical (unpaired) electrons. The fourth-order valence-electron chi connectivity index (χ4n) is 8.59. The summed E-state index contributed by atoms with van der Waals surface area (Å²) in [5.74, 6) is 2.36. The van der Waals surface area contributed by atoms with Crippen molar-refractivity contribution in [2.45, 2.75) is 19.3 Å². The van der Waals surface area contributed by atoms with Crippen LogP contribution in [0.25, 0.3) is 54.9 Å². The van der Waals surface area contributed by atoms with Crippen molar-refractivity contribution in [3.63, 3.8) is 0 Å². The van der Waals surface area contributed by atoms with Gasteiger partial charge in [-0.25, -0.2) is 9.97 Å². The SMILES string of the molecule is CC1(C)c2ccccc2N(c2ccccc2)c2cc3c(cc21)c1ccc(Oc2ccc4c5ccccc5n5ccnc5c4c2)cc1n3-c1ccccn1. The smallest absolute Gasteiger partial charge is 0.145 e. The van der Waals surface area contributed by atoms with Gasteiger partial charge in [0, 0.05) is 57.3 Å². The van der Waals surface area contributed by atoms with Gasteiger partial charge in [-0.3, -0.25) is 8.97 Å². The van der Waals surface area contributed by atoms with Gasteiger partial charge in [-0.1, -0.05) is 74.5 Å². The molecule has 0 aliphatic carbocycles. The lowest BCUT2D eigenvalue weighted by Crippen LogP contribution is -2.30. The lowest BCUT2D eigenvalue weighted by molar-refractivity contribution is 0.484. The number of hydrogen-bond acceptors (Lipinski definition) is 4. The van der Waals surface area contributed by atoms with Crippen molar-refractivity contribution < 1.29 is 4.74 Å². The minimum atomic E-state index is -0.227. The van der Waals surface area contributed by atoms with Crippen LogP contribution in [0.4, 0.5) is 17.1 Å². The summed E-state index contributed by atoms with van der Waals surface area (Å²) < 4.78 is 11.1. The number of nitrogens with zero attached hydrogens (tertiary/aromatic N) is 5. The van der Waals surface area contributed by atoms with E-state index in [-0.39, 0.29) is 5.41 Å². The van der Waals surface area contributed by atoms with E-state index < -0.39 is 0 Å². The lowest BCUT2D eigenvalue weighted by atomic mass is 9.73. The zero-order valence-electron chi connectivity index (χ0n) is 29.2. The van der Waals surface area contributed by atoms with E-state index in [9.17, 15) is 0 Å². The van der Waals surface area contributed by atoms with Gasteiger partial charge in [0.2, 0.25) is 0 Å². The maximum absolute atomic E-state index is 6.69. The Hall–Kier alpha value is -6.92. The second kappa shape index (κ2) is 11.0. The van der Waals surface area contributed by atoms with E-state index in [2.05, 4.69) is 161 Å². The van der Waals surface area contributed by atoms with E-state index in [0.717, 1.165) is 67.0 Å². The van der Waals surface area contributed by atoms with Gasteiger partial charge in [0.25, 0.3) is 0 Å². The van der Waals surface area contributed by atoms with Crippen LogP contribution in [-0.4, -0.2) is 18.9 Å². The molecule has 0 unspecified atom stereocenters. The van der Waals surface area contributed by atoms with Gasteiger partial charge in [-0.15, -0.1) is 0 Å².